The van der Waals surface area contributed by atoms with E-state index in [9.17, 15) is 4.79 Å². The fourth-order valence-electron chi connectivity index (χ4n) is 2.54. The Hall–Kier alpha value is -1.60. The Bertz CT molecular complexity index is 746. The summed E-state index contributed by atoms with van der Waals surface area (Å²) in [6.07, 6.45) is 1.50. The summed E-state index contributed by atoms with van der Waals surface area (Å²) in [5, 5.41) is 4.66. The first-order valence-corrected chi connectivity index (χ1v) is 7.76. The van der Waals surface area contributed by atoms with Crippen LogP contribution in [0.1, 0.15) is 41.5 Å². The van der Waals surface area contributed by atoms with E-state index >= 15 is 0 Å². The van der Waals surface area contributed by atoms with Crippen molar-refractivity contribution >= 4 is 30.0 Å². The Labute approximate surface area is 151 Å². The lowest BCUT2D eigenvalue weighted by Gasteiger charge is -2.20. The number of fused-ring (bicyclic) bond motifs is 1. The molecule has 0 fully saturated rings. The van der Waals surface area contributed by atoms with Crippen molar-refractivity contribution in [3.8, 4) is 5.69 Å². The molecule has 8 heteroatoms. The summed E-state index contributed by atoms with van der Waals surface area (Å²) < 4.78 is 12.4. The highest BCUT2D eigenvalue weighted by Crippen LogP contribution is 2.30. The first kappa shape index (κ1) is 18.7. The zero-order chi connectivity index (χ0) is 16.6. The molecule has 0 unspecified atom stereocenters. The number of halogens is 2. The summed E-state index contributed by atoms with van der Waals surface area (Å²) >= 11 is 6.42. The zero-order valence-corrected chi connectivity index (χ0v) is 14.9. The molecule has 6 nitrogen and oxygen atoms in total. The highest BCUT2D eigenvalue weighted by Gasteiger charge is 2.25. The lowest BCUT2D eigenvalue weighted by atomic mass is 10.1. The van der Waals surface area contributed by atoms with Crippen LogP contribution in [0, 0.1) is 0 Å². The number of esters is 1. The van der Waals surface area contributed by atoms with Gasteiger partial charge in [0.1, 0.15) is 0 Å². The van der Waals surface area contributed by atoms with Crippen LogP contribution < -0.4 is 5.73 Å². The fourth-order valence-corrected chi connectivity index (χ4v) is 2.82. The third-order valence-electron chi connectivity index (χ3n) is 3.61. The number of nitrogens with zero attached hydrogens (tertiary/aromatic N) is 2. The second-order valence-electron chi connectivity index (χ2n) is 5.67. The van der Waals surface area contributed by atoms with Crippen LogP contribution in [0.2, 0.25) is 5.02 Å². The van der Waals surface area contributed by atoms with Crippen LogP contribution in [-0.2, 0) is 16.1 Å². The van der Waals surface area contributed by atoms with E-state index in [1.807, 2.05) is 0 Å². The van der Waals surface area contributed by atoms with E-state index in [-0.39, 0.29) is 24.6 Å². The maximum Gasteiger partial charge on any atom is 0.339 e. The van der Waals surface area contributed by atoms with Crippen LogP contribution in [0.5, 0.6) is 0 Å². The van der Waals surface area contributed by atoms with Gasteiger partial charge >= 0.3 is 5.97 Å². The van der Waals surface area contributed by atoms with Gasteiger partial charge in [0.15, 0.2) is 0 Å². The van der Waals surface area contributed by atoms with Gasteiger partial charge in [0.2, 0.25) is 0 Å². The van der Waals surface area contributed by atoms with Crippen molar-refractivity contribution in [2.45, 2.75) is 32.6 Å². The van der Waals surface area contributed by atoms with Crippen LogP contribution in [0.25, 0.3) is 5.69 Å². The molecule has 1 aliphatic rings. The number of aromatic nitrogens is 2. The summed E-state index contributed by atoms with van der Waals surface area (Å²) in [5.74, 6) is -0.458. The molecule has 0 spiro atoms. The standard InChI is InChI=1S/C16H18ClN3O3.ClH/c1-9(2)23-16(21)10-4-3-5-13(15(10)17)20-14-8-22-7-12(18)11(14)6-19-20;/h3-6,9,12H,7-8,18H2,1-2H3;1H/t12-;/m1./s1. The Balaban J connectivity index is 0.00000208. The highest BCUT2D eigenvalue weighted by atomic mass is 35.5. The summed E-state index contributed by atoms with van der Waals surface area (Å²) in [7, 11) is 0. The Morgan fingerprint density at radius 3 is 2.96 bits per heavy atom. The molecule has 130 valence electrons. The number of carbonyl (C=O) groups is 1. The van der Waals surface area contributed by atoms with Gasteiger partial charge in [-0.15, -0.1) is 12.4 Å². The Morgan fingerprint density at radius 1 is 1.50 bits per heavy atom. The third-order valence-corrected chi connectivity index (χ3v) is 4.00. The van der Waals surface area contributed by atoms with Crippen molar-refractivity contribution < 1.29 is 14.3 Å². The normalized spacial score (nSPS) is 16.5. The zero-order valence-electron chi connectivity index (χ0n) is 13.4. The van der Waals surface area contributed by atoms with E-state index in [0.29, 0.717) is 29.5 Å². The van der Waals surface area contributed by atoms with Crippen molar-refractivity contribution in [1.29, 1.82) is 0 Å². The van der Waals surface area contributed by atoms with Gasteiger partial charge in [-0.2, -0.15) is 5.10 Å². The first-order chi connectivity index (χ1) is 11.0. The SMILES string of the molecule is CC(C)OC(=O)c1cccc(-n2ncc3c2COC[C@H]3N)c1Cl.Cl. The van der Waals surface area contributed by atoms with Gasteiger partial charge in [0.05, 0.1) is 53.5 Å². The fraction of sp³-hybridized carbons (Fsp3) is 0.375. The maximum atomic E-state index is 12.2. The first-order valence-electron chi connectivity index (χ1n) is 7.39. The molecule has 2 aromatic rings. The molecule has 0 saturated heterocycles. The van der Waals surface area contributed by atoms with Gasteiger partial charge in [0.25, 0.3) is 0 Å². The largest absolute Gasteiger partial charge is 0.459 e. The van der Waals surface area contributed by atoms with Gasteiger partial charge < -0.3 is 15.2 Å². The molecule has 2 heterocycles. The van der Waals surface area contributed by atoms with E-state index < -0.39 is 5.97 Å². The molecule has 0 aliphatic carbocycles. The molecule has 1 atom stereocenters. The van der Waals surface area contributed by atoms with Crippen molar-refractivity contribution in [2.75, 3.05) is 6.61 Å². The van der Waals surface area contributed by atoms with Gasteiger partial charge in [-0.3, -0.25) is 0 Å². The lowest BCUT2D eigenvalue weighted by Crippen LogP contribution is -2.24. The van der Waals surface area contributed by atoms with Crippen LogP contribution in [0.3, 0.4) is 0 Å². The third kappa shape index (κ3) is 3.42. The van der Waals surface area contributed by atoms with Crippen LogP contribution >= 0.6 is 24.0 Å². The number of ether oxygens (including phenoxy) is 2. The smallest absolute Gasteiger partial charge is 0.339 e. The number of benzene rings is 1. The van der Waals surface area contributed by atoms with Gasteiger partial charge in [0, 0.05) is 5.56 Å². The molecule has 0 radical (unpaired) electrons. The number of rotatable bonds is 3. The summed E-state index contributed by atoms with van der Waals surface area (Å²) in [6.45, 7) is 4.45. The van der Waals surface area contributed by atoms with Crippen molar-refractivity contribution in [3.05, 3.63) is 46.2 Å². The molecule has 1 aromatic heterocycles. The Morgan fingerprint density at radius 2 is 2.25 bits per heavy atom. The van der Waals surface area contributed by atoms with E-state index in [1.54, 1.807) is 42.9 Å². The molecule has 0 amide bonds. The van der Waals surface area contributed by atoms with Crippen LogP contribution in [0.4, 0.5) is 0 Å². The quantitative estimate of drug-likeness (QED) is 0.838. The minimum Gasteiger partial charge on any atom is -0.459 e. The monoisotopic (exact) mass is 371 g/mol. The predicted octanol–water partition coefficient (Wildman–Crippen LogP) is 3.04. The van der Waals surface area contributed by atoms with Gasteiger partial charge in [-0.25, -0.2) is 9.48 Å². The summed E-state index contributed by atoms with van der Waals surface area (Å²) in [5.41, 5.74) is 8.71. The number of nitrogens with two attached hydrogens (primary N) is 1. The van der Waals surface area contributed by atoms with E-state index in [1.165, 1.54) is 0 Å². The molecule has 1 aromatic carbocycles. The highest BCUT2D eigenvalue weighted by molar-refractivity contribution is 6.35. The molecule has 2 N–H and O–H groups in total. The number of hydrogen-bond acceptors (Lipinski definition) is 5. The molecular weight excluding hydrogens is 353 g/mol. The number of hydrogen-bond donors (Lipinski definition) is 1. The predicted molar refractivity (Wildman–Crippen MR) is 93.0 cm³/mol. The average Bonchev–Trinajstić information content (AvgIpc) is 2.92. The van der Waals surface area contributed by atoms with Crippen molar-refractivity contribution in [2.24, 2.45) is 5.73 Å². The second kappa shape index (κ2) is 7.53. The van der Waals surface area contributed by atoms with E-state index in [2.05, 4.69) is 5.10 Å². The van der Waals surface area contributed by atoms with Crippen molar-refractivity contribution in [1.82, 2.24) is 9.78 Å². The molecule has 0 saturated carbocycles. The average molecular weight is 372 g/mol. The summed E-state index contributed by atoms with van der Waals surface area (Å²) in [4.78, 5) is 12.2. The topological polar surface area (TPSA) is 79.4 Å². The second-order valence-corrected chi connectivity index (χ2v) is 6.05. The van der Waals surface area contributed by atoms with Crippen molar-refractivity contribution in [3.63, 3.8) is 0 Å². The maximum absolute atomic E-state index is 12.2. The summed E-state index contributed by atoms with van der Waals surface area (Å²) in [6, 6.07) is 4.97. The van der Waals surface area contributed by atoms with Crippen LogP contribution in [0.15, 0.2) is 24.4 Å². The lowest BCUT2D eigenvalue weighted by molar-refractivity contribution is 0.0378. The molecule has 3 rings (SSSR count). The van der Waals surface area contributed by atoms with Gasteiger partial charge in [-0.1, -0.05) is 17.7 Å². The minimum absolute atomic E-state index is 0. The molecular formula is C16H19Cl2N3O3. The molecule has 24 heavy (non-hydrogen) atoms. The minimum atomic E-state index is -0.458. The van der Waals surface area contributed by atoms with Gasteiger partial charge in [-0.05, 0) is 26.0 Å². The number of carbonyl (C=O) groups excluding carboxylic acids is 1. The molecule has 1 aliphatic heterocycles. The van der Waals surface area contributed by atoms with Crippen LogP contribution in [-0.4, -0.2) is 28.5 Å². The van der Waals surface area contributed by atoms with E-state index in [0.717, 1.165) is 11.3 Å². The Kier molecular flexibility index (Phi) is 5.87. The molecule has 0 bridgehead atoms. The van der Waals surface area contributed by atoms with E-state index in [4.69, 9.17) is 26.8 Å².